The summed E-state index contributed by atoms with van der Waals surface area (Å²) in [7, 11) is 1.96. The summed E-state index contributed by atoms with van der Waals surface area (Å²) >= 11 is 0. The van der Waals surface area contributed by atoms with Crippen molar-refractivity contribution in [2.24, 2.45) is 0 Å². The molecule has 2 aromatic carbocycles. The molecular formula is C18H17F3N2O. The lowest BCUT2D eigenvalue weighted by atomic mass is 10.1. The summed E-state index contributed by atoms with van der Waals surface area (Å²) in [4.78, 5) is 16.4. The number of amides is 1. The topological polar surface area (TPSA) is 23.6 Å². The fourth-order valence-electron chi connectivity index (χ4n) is 2.85. The molecule has 24 heavy (non-hydrogen) atoms. The van der Waals surface area contributed by atoms with Gasteiger partial charge in [0.15, 0.2) is 0 Å². The minimum Gasteiger partial charge on any atom is -0.373 e. The van der Waals surface area contributed by atoms with Crippen LogP contribution in [0.5, 0.6) is 0 Å². The Labute approximate surface area is 138 Å². The maximum absolute atomic E-state index is 12.7. The average Bonchev–Trinajstić information content (AvgIpc) is 2.73. The van der Waals surface area contributed by atoms with Crippen LogP contribution in [0.1, 0.15) is 21.5 Å². The Morgan fingerprint density at radius 2 is 1.67 bits per heavy atom. The van der Waals surface area contributed by atoms with Crippen LogP contribution in [-0.4, -0.2) is 30.9 Å². The third kappa shape index (κ3) is 3.22. The number of likely N-dealkylation sites (N-methyl/N-ethyl adjacent to an activating group) is 1. The maximum atomic E-state index is 12.7. The fraction of sp³-hybridized carbons (Fsp3) is 0.278. The second-order valence-electron chi connectivity index (χ2n) is 5.85. The number of hydrogen-bond donors (Lipinski definition) is 0. The van der Waals surface area contributed by atoms with E-state index in [1.807, 2.05) is 31.3 Å². The molecule has 126 valence electrons. The standard InChI is InChI=1S/C18H17F3N2O/c1-22-10-11-23(12-14-4-2-3-5-16(14)22)17(24)13-6-8-15(9-7-13)18(19,20)21/h2-9H,10-12H2,1H3. The minimum atomic E-state index is -4.40. The molecule has 0 fully saturated rings. The molecule has 0 saturated heterocycles. The zero-order chi connectivity index (χ0) is 17.3. The monoisotopic (exact) mass is 334 g/mol. The summed E-state index contributed by atoms with van der Waals surface area (Å²) in [6, 6.07) is 12.2. The number of halogens is 3. The van der Waals surface area contributed by atoms with Crippen LogP contribution in [0.2, 0.25) is 0 Å². The van der Waals surface area contributed by atoms with E-state index in [9.17, 15) is 18.0 Å². The van der Waals surface area contributed by atoms with Crippen LogP contribution in [0.3, 0.4) is 0 Å². The average molecular weight is 334 g/mol. The Morgan fingerprint density at radius 1 is 1.00 bits per heavy atom. The zero-order valence-corrected chi connectivity index (χ0v) is 13.2. The Bertz CT molecular complexity index is 741. The van der Waals surface area contributed by atoms with E-state index < -0.39 is 11.7 Å². The summed E-state index contributed by atoms with van der Waals surface area (Å²) < 4.78 is 37.9. The summed E-state index contributed by atoms with van der Waals surface area (Å²) in [6.07, 6.45) is -4.40. The number of benzene rings is 2. The minimum absolute atomic E-state index is 0.256. The zero-order valence-electron chi connectivity index (χ0n) is 13.2. The maximum Gasteiger partial charge on any atom is 0.416 e. The molecule has 1 amide bonds. The molecule has 3 rings (SSSR count). The summed E-state index contributed by atoms with van der Waals surface area (Å²) in [5, 5.41) is 0. The third-order valence-electron chi connectivity index (χ3n) is 4.22. The number of fused-ring (bicyclic) bond motifs is 1. The first kappa shape index (κ1) is 16.4. The normalized spacial score (nSPS) is 15.0. The third-order valence-corrected chi connectivity index (χ3v) is 4.22. The molecule has 1 aliphatic rings. The Morgan fingerprint density at radius 3 is 2.33 bits per heavy atom. The van der Waals surface area contributed by atoms with E-state index in [1.54, 1.807) is 4.90 Å². The van der Waals surface area contributed by atoms with Crippen LogP contribution in [0, 0.1) is 0 Å². The van der Waals surface area contributed by atoms with E-state index in [0.717, 1.165) is 23.4 Å². The number of para-hydroxylation sites is 1. The highest BCUT2D eigenvalue weighted by Gasteiger charge is 2.30. The highest BCUT2D eigenvalue weighted by atomic mass is 19.4. The van der Waals surface area contributed by atoms with Gasteiger partial charge in [0.25, 0.3) is 5.91 Å². The molecule has 2 aromatic rings. The quantitative estimate of drug-likeness (QED) is 0.792. The van der Waals surface area contributed by atoms with Gasteiger partial charge in [-0.2, -0.15) is 13.2 Å². The van der Waals surface area contributed by atoms with Gasteiger partial charge in [-0.25, -0.2) is 0 Å². The molecule has 0 aromatic heterocycles. The van der Waals surface area contributed by atoms with Gasteiger partial charge in [0.05, 0.1) is 5.56 Å². The molecule has 1 aliphatic heterocycles. The highest BCUT2D eigenvalue weighted by molar-refractivity contribution is 5.94. The van der Waals surface area contributed by atoms with Gasteiger partial charge < -0.3 is 9.80 Å². The van der Waals surface area contributed by atoms with Gasteiger partial charge in [0.1, 0.15) is 0 Å². The molecule has 0 saturated carbocycles. The van der Waals surface area contributed by atoms with Crippen molar-refractivity contribution >= 4 is 11.6 Å². The van der Waals surface area contributed by atoms with E-state index in [1.165, 1.54) is 12.1 Å². The molecule has 0 unspecified atom stereocenters. The lowest BCUT2D eigenvalue weighted by Crippen LogP contribution is -2.34. The van der Waals surface area contributed by atoms with Crippen LogP contribution >= 0.6 is 0 Å². The van der Waals surface area contributed by atoms with Crippen LogP contribution in [-0.2, 0) is 12.7 Å². The lowest BCUT2D eigenvalue weighted by molar-refractivity contribution is -0.137. The van der Waals surface area contributed by atoms with Gasteiger partial charge in [-0.15, -0.1) is 0 Å². The van der Waals surface area contributed by atoms with Crippen molar-refractivity contribution in [2.75, 3.05) is 25.0 Å². The van der Waals surface area contributed by atoms with Crippen molar-refractivity contribution in [2.45, 2.75) is 12.7 Å². The molecule has 0 radical (unpaired) electrons. The van der Waals surface area contributed by atoms with Gasteiger partial charge in [0, 0.05) is 37.9 Å². The lowest BCUT2D eigenvalue weighted by Gasteiger charge is -2.21. The second kappa shape index (κ2) is 6.19. The molecular weight excluding hydrogens is 317 g/mol. The van der Waals surface area contributed by atoms with Gasteiger partial charge >= 0.3 is 6.18 Å². The second-order valence-corrected chi connectivity index (χ2v) is 5.85. The molecule has 0 bridgehead atoms. The number of anilines is 1. The number of carbonyl (C=O) groups is 1. The molecule has 3 nitrogen and oxygen atoms in total. The molecule has 0 N–H and O–H groups in total. The van der Waals surface area contributed by atoms with Crippen molar-refractivity contribution in [1.82, 2.24) is 4.90 Å². The van der Waals surface area contributed by atoms with Crippen LogP contribution < -0.4 is 4.90 Å². The Hall–Kier alpha value is -2.50. The van der Waals surface area contributed by atoms with Gasteiger partial charge in [0.2, 0.25) is 0 Å². The molecule has 0 spiro atoms. The number of alkyl halides is 3. The number of hydrogen-bond acceptors (Lipinski definition) is 2. The van der Waals surface area contributed by atoms with Crippen LogP contribution in [0.25, 0.3) is 0 Å². The smallest absolute Gasteiger partial charge is 0.373 e. The SMILES string of the molecule is CN1CCN(C(=O)c2ccc(C(F)(F)F)cc2)Cc2ccccc21. The first-order valence-electron chi connectivity index (χ1n) is 7.62. The fourth-order valence-corrected chi connectivity index (χ4v) is 2.85. The predicted octanol–water partition coefficient (Wildman–Crippen LogP) is 3.80. The van der Waals surface area contributed by atoms with E-state index in [0.29, 0.717) is 19.6 Å². The van der Waals surface area contributed by atoms with Crippen molar-refractivity contribution in [3.05, 3.63) is 65.2 Å². The van der Waals surface area contributed by atoms with Crippen molar-refractivity contribution in [3.63, 3.8) is 0 Å². The van der Waals surface area contributed by atoms with Gasteiger partial charge in [-0.1, -0.05) is 18.2 Å². The van der Waals surface area contributed by atoms with Crippen LogP contribution in [0.15, 0.2) is 48.5 Å². The van der Waals surface area contributed by atoms with Crippen LogP contribution in [0.4, 0.5) is 18.9 Å². The summed E-state index contributed by atoms with van der Waals surface area (Å²) in [6.45, 7) is 1.63. The highest BCUT2D eigenvalue weighted by Crippen LogP contribution is 2.29. The molecule has 1 heterocycles. The number of carbonyl (C=O) groups excluding carboxylic acids is 1. The summed E-state index contributed by atoms with van der Waals surface area (Å²) in [5.41, 5.74) is 1.61. The largest absolute Gasteiger partial charge is 0.416 e. The Kier molecular flexibility index (Phi) is 4.22. The van der Waals surface area contributed by atoms with E-state index in [-0.39, 0.29) is 11.5 Å². The first-order valence-corrected chi connectivity index (χ1v) is 7.62. The van der Waals surface area contributed by atoms with Crippen molar-refractivity contribution < 1.29 is 18.0 Å². The van der Waals surface area contributed by atoms with Gasteiger partial charge in [-0.05, 0) is 35.9 Å². The van der Waals surface area contributed by atoms with E-state index >= 15 is 0 Å². The number of nitrogens with zero attached hydrogens (tertiary/aromatic N) is 2. The van der Waals surface area contributed by atoms with Crippen molar-refractivity contribution in [3.8, 4) is 0 Å². The van der Waals surface area contributed by atoms with Gasteiger partial charge in [-0.3, -0.25) is 4.79 Å². The molecule has 0 atom stereocenters. The van der Waals surface area contributed by atoms with Crippen molar-refractivity contribution in [1.29, 1.82) is 0 Å². The molecule has 6 heteroatoms. The Balaban J connectivity index is 1.83. The van der Waals surface area contributed by atoms with E-state index in [2.05, 4.69) is 4.90 Å². The number of rotatable bonds is 1. The summed E-state index contributed by atoms with van der Waals surface area (Å²) in [5.74, 6) is -0.256. The predicted molar refractivity (Wildman–Crippen MR) is 85.9 cm³/mol. The first-order chi connectivity index (χ1) is 11.4. The van der Waals surface area contributed by atoms with E-state index in [4.69, 9.17) is 0 Å². The molecule has 0 aliphatic carbocycles.